The highest BCUT2D eigenvalue weighted by Crippen LogP contribution is 2.24. The second-order valence-corrected chi connectivity index (χ2v) is 9.47. The number of hydrogen-bond donors (Lipinski definition) is 1. The summed E-state index contributed by atoms with van der Waals surface area (Å²) in [5, 5.41) is 0.713. The van der Waals surface area contributed by atoms with E-state index in [2.05, 4.69) is 27.5 Å². The molecule has 0 radical (unpaired) electrons. The van der Waals surface area contributed by atoms with Gasteiger partial charge in [-0.3, -0.25) is 18.5 Å². The number of hydrogen-bond acceptors (Lipinski definition) is 6. The highest BCUT2D eigenvalue weighted by atomic mass is 32.1. The Kier molecular flexibility index (Phi) is 5.52. The van der Waals surface area contributed by atoms with Gasteiger partial charge in [-0.25, -0.2) is 9.78 Å². The third kappa shape index (κ3) is 3.73. The van der Waals surface area contributed by atoms with E-state index in [0.717, 1.165) is 36.1 Å². The summed E-state index contributed by atoms with van der Waals surface area (Å²) in [5.41, 5.74) is 5.07. The number of imidazole rings is 1. The Bertz CT molecular complexity index is 1500. The number of rotatable bonds is 4. The van der Waals surface area contributed by atoms with Crippen molar-refractivity contribution in [3.63, 3.8) is 0 Å². The minimum atomic E-state index is -0.404. The molecule has 1 aliphatic heterocycles. The van der Waals surface area contributed by atoms with Gasteiger partial charge >= 0.3 is 5.69 Å². The summed E-state index contributed by atoms with van der Waals surface area (Å²) in [6, 6.07) is 8.09. The average molecular weight is 465 g/mol. The van der Waals surface area contributed by atoms with E-state index in [0.29, 0.717) is 34.7 Å². The fourth-order valence-corrected chi connectivity index (χ4v) is 5.37. The first-order valence-electron chi connectivity index (χ1n) is 11.0. The van der Waals surface area contributed by atoms with E-state index in [-0.39, 0.29) is 12.1 Å². The van der Waals surface area contributed by atoms with Gasteiger partial charge in [0.05, 0.1) is 29.9 Å². The molecule has 3 N–H and O–H groups in total. The van der Waals surface area contributed by atoms with Gasteiger partial charge in [0.2, 0.25) is 5.95 Å². The summed E-state index contributed by atoms with van der Waals surface area (Å²) in [5.74, 6) is 6.65. The molecule has 1 aromatic carbocycles. The van der Waals surface area contributed by atoms with E-state index in [9.17, 15) is 9.59 Å². The molecule has 0 spiro atoms. The van der Waals surface area contributed by atoms with Crippen LogP contribution in [0.5, 0.6) is 0 Å². The number of piperidine rings is 1. The molecule has 1 atom stereocenters. The standard InChI is InChI=1S/C23H25N7O2S/c1-3-4-12-29-19-20(26-22(29)28-11-7-8-15(24)13-28)27(2)23(32)30(21(19)31)14-18-25-16-9-5-6-10-17(16)33-18/h5-6,9-10,15H,7-8,11-14,24H2,1-2H3/p+1. The Morgan fingerprint density at radius 2 is 2.03 bits per heavy atom. The highest BCUT2D eigenvalue weighted by Gasteiger charge is 2.27. The van der Waals surface area contributed by atoms with Crippen molar-refractivity contribution in [3.05, 3.63) is 50.1 Å². The predicted molar refractivity (Wildman–Crippen MR) is 130 cm³/mol. The van der Waals surface area contributed by atoms with Gasteiger partial charge in [0.15, 0.2) is 11.2 Å². The first-order chi connectivity index (χ1) is 16.0. The van der Waals surface area contributed by atoms with Gasteiger partial charge in [-0.2, -0.15) is 4.98 Å². The van der Waals surface area contributed by atoms with Gasteiger partial charge in [0, 0.05) is 20.0 Å². The number of anilines is 1. The molecular formula is C23H26N7O2S+. The number of nitrogens with zero attached hydrogens (tertiary/aromatic N) is 6. The van der Waals surface area contributed by atoms with Crippen molar-refractivity contribution >= 4 is 38.7 Å². The van der Waals surface area contributed by atoms with E-state index in [1.807, 2.05) is 28.8 Å². The van der Waals surface area contributed by atoms with Crippen LogP contribution >= 0.6 is 11.3 Å². The van der Waals surface area contributed by atoms with Crippen LogP contribution in [0.3, 0.4) is 0 Å². The van der Waals surface area contributed by atoms with Crippen LogP contribution in [0, 0.1) is 11.8 Å². The van der Waals surface area contributed by atoms with Crippen LogP contribution in [0.15, 0.2) is 33.9 Å². The Balaban J connectivity index is 1.68. The van der Waals surface area contributed by atoms with Crippen molar-refractivity contribution in [2.24, 2.45) is 7.05 Å². The fourth-order valence-electron chi connectivity index (χ4n) is 4.42. The van der Waals surface area contributed by atoms with Gasteiger partial charge in [-0.15, -0.1) is 17.3 Å². The van der Waals surface area contributed by atoms with Crippen molar-refractivity contribution in [3.8, 4) is 11.8 Å². The van der Waals surface area contributed by atoms with E-state index in [1.54, 1.807) is 14.0 Å². The minimum Gasteiger partial charge on any atom is -0.354 e. The van der Waals surface area contributed by atoms with Crippen LogP contribution in [0.1, 0.15) is 24.8 Å². The number of aromatic nitrogens is 5. The van der Waals surface area contributed by atoms with E-state index >= 15 is 0 Å². The Morgan fingerprint density at radius 3 is 2.79 bits per heavy atom. The van der Waals surface area contributed by atoms with Gasteiger partial charge in [-0.1, -0.05) is 18.1 Å². The lowest BCUT2D eigenvalue weighted by Gasteiger charge is -2.29. The van der Waals surface area contributed by atoms with Gasteiger partial charge in [0.1, 0.15) is 11.0 Å². The Labute approximate surface area is 194 Å². The lowest BCUT2D eigenvalue weighted by molar-refractivity contribution is -0.419. The monoisotopic (exact) mass is 464 g/mol. The van der Waals surface area contributed by atoms with Crippen LogP contribution in [0.2, 0.25) is 0 Å². The zero-order chi connectivity index (χ0) is 23.1. The third-order valence-electron chi connectivity index (χ3n) is 6.06. The van der Waals surface area contributed by atoms with Crippen molar-refractivity contribution in [1.82, 2.24) is 23.7 Å². The summed E-state index contributed by atoms with van der Waals surface area (Å²) in [6.45, 7) is 3.81. The maximum absolute atomic E-state index is 13.7. The zero-order valence-corrected chi connectivity index (χ0v) is 19.6. The molecule has 33 heavy (non-hydrogen) atoms. The molecule has 5 rings (SSSR count). The summed E-state index contributed by atoms with van der Waals surface area (Å²) >= 11 is 1.49. The number of thiazole rings is 1. The molecule has 3 aromatic heterocycles. The molecule has 0 amide bonds. The molecule has 0 bridgehead atoms. The molecule has 1 fully saturated rings. The maximum Gasteiger partial charge on any atom is 0.332 e. The topological polar surface area (TPSA) is 106 Å². The minimum absolute atomic E-state index is 0.116. The predicted octanol–water partition coefficient (Wildman–Crippen LogP) is 0.789. The molecule has 4 heterocycles. The normalized spacial score (nSPS) is 16.3. The van der Waals surface area contributed by atoms with Crippen LogP contribution in [0.25, 0.3) is 21.4 Å². The highest BCUT2D eigenvalue weighted by molar-refractivity contribution is 7.18. The second-order valence-electron chi connectivity index (χ2n) is 8.36. The van der Waals surface area contributed by atoms with Crippen LogP contribution in [-0.2, 0) is 20.1 Å². The Hall–Kier alpha value is -3.42. The lowest BCUT2D eigenvalue weighted by atomic mass is 10.1. The number of para-hydroxylation sites is 1. The van der Waals surface area contributed by atoms with Crippen LogP contribution in [-0.4, -0.2) is 42.8 Å². The second kappa shape index (κ2) is 8.50. The largest absolute Gasteiger partial charge is 0.354 e. The summed E-state index contributed by atoms with van der Waals surface area (Å²) in [7, 11) is 1.66. The SMILES string of the molecule is CC#CCn1c(N2CCCC([NH3+])C2)nc2c1c(=O)n(Cc1nc3ccccc3s1)c(=O)n2C. The zero-order valence-electron chi connectivity index (χ0n) is 18.7. The van der Waals surface area contributed by atoms with Gasteiger partial charge < -0.3 is 10.6 Å². The summed E-state index contributed by atoms with van der Waals surface area (Å²) in [4.78, 5) is 38.4. The van der Waals surface area contributed by atoms with Crippen molar-refractivity contribution in [1.29, 1.82) is 0 Å². The third-order valence-corrected chi connectivity index (χ3v) is 7.08. The number of benzene rings is 1. The number of fused-ring (bicyclic) bond motifs is 2. The quantitative estimate of drug-likeness (QED) is 0.450. The van der Waals surface area contributed by atoms with Gasteiger partial charge in [0.25, 0.3) is 5.56 Å². The first kappa shape index (κ1) is 21.4. The van der Waals surface area contributed by atoms with E-state index < -0.39 is 5.69 Å². The molecule has 170 valence electrons. The lowest BCUT2D eigenvalue weighted by Crippen LogP contribution is -2.67. The smallest absolute Gasteiger partial charge is 0.332 e. The van der Waals surface area contributed by atoms with Crippen LogP contribution in [0.4, 0.5) is 5.95 Å². The van der Waals surface area contributed by atoms with E-state index in [1.165, 1.54) is 20.5 Å². The van der Waals surface area contributed by atoms with Crippen molar-refractivity contribution < 1.29 is 5.73 Å². The number of quaternary nitrogens is 1. The summed E-state index contributed by atoms with van der Waals surface area (Å²) < 4.78 is 5.58. The number of aryl methyl sites for hydroxylation is 1. The molecule has 10 heteroatoms. The summed E-state index contributed by atoms with van der Waals surface area (Å²) in [6.07, 6.45) is 2.08. The van der Waals surface area contributed by atoms with Gasteiger partial charge in [-0.05, 0) is 25.5 Å². The molecule has 1 saturated heterocycles. The molecule has 4 aromatic rings. The molecule has 1 aliphatic rings. The molecule has 0 aliphatic carbocycles. The molecule has 9 nitrogen and oxygen atoms in total. The Morgan fingerprint density at radius 1 is 1.21 bits per heavy atom. The van der Waals surface area contributed by atoms with Crippen LogP contribution < -0.4 is 21.9 Å². The van der Waals surface area contributed by atoms with Crippen molar-refractivity contribution in [2.75, 3.05) is 18.0 Å². The molecular weight excluding hydrogens is 438 g/mol. The fraction of sp³-hybridized carbons (Fsp3) is 0.391. The average Bonchev–Trinajstić information content (AvgIpc) is 3.40. The van der Waals surface area contributed by atoms with Crippen molar-refractivity contribution in [2.45, 2.75) is 38.9 Å². The maximum atomic E-state index is 13.7. The van der Waals surface area contributed by atoms with E-state index in [4.69, 9.17) is 4.98 Å². The first-order valence-corrected chi connectivity index (χ1v) is 11.8. The molecule has 0 saturated carbocycles. The molecule has 1 unspecified atom stereocenters.